The fraction of sp³-hybridized carbons (Fsp3) is 0.211. The van der Waals surface area contributed by atoms with E-state index < -0.39 is 0 Å². The molecule has 2 heterocycles. The van der Waals surface area contributed by atoms with Crippen molar-refractivity contribution in [2.45, 2.75) is 26.8 Å². The van der Waals surface area contributed by atoms with Crippen LogP contribution in [0.4, 0.5) is 10.8 Å². The third-order valence-electron chi connectivity index (χ3n) is 3.95. The standard InChI is InChI=1S/C19H20N6O2S2/c1-4-9-25-17(23-24-19(25)28)16-11(2)20-18(29-16)22-15(27)10-13-5-7-14(8-6-13)21-12(3)26/h4-8H,1,9-10H2,2-3H3,(H,21,26)(H,24,28)(H,20,22,27). The van der Waals surface area contributed by atoms with Crippen LogP contribution in [0.25, 0.3) is 10.7 Å². The lowest BCUT2D eigenvalue weighted by molar-refractivity contribution is -0.116. The van der Waals surface area contributed by atoms with Crippen molar-refractivity contribution in [1.29, 1.82) is 0 Å². The Balaban J connectivity index is 1.71. The Morgan fingerprint density at radius 3 is 2.69 bits per heavy atom. The largest absolute Gasteiger partial charge is 0.326 e. The van der Waals surface area contributed by atoms with Gasteiger partial charge in [-0.3, -0.25) is 19.3 Å². The van der Waals surface area contributed by atoms with Gasteiger partial charge in [0.25, 0.3) is 0 Å². The summed E-state index contributed by atoms with van der Waals surface area (Å²) >= 11 is 6.59. The highest BCUT2D eigenvalue weighted by Gasteiger charge is 2.17. The predicted octanol–water partition coefficient (Wildman–Crippen LogP) is 3.70. The lowest BCUT2D eigenvalue weighted by Crippen LogP contribution is -2.14. The fourth-order valence-corrected chi connectivity index (χ4v) is 3.89. The number of nitrogens with zero attached hydrogens (tertiary/aromatic N) is 3. The zero-order valence-electron chi connectivity index (χ0n) is 16.0. The van der Waals surface area contributed by atoms with Gasteiger partial charge in [0, 0.05) is 19.2 Å². The number of benzene rings is 1. The number of nitrogens with one attached hydrogen (secondary N) is 3. The normalized spacial score (nSPS) is 10.6. The van der Waals surface area contributed by atoms with E-state index in [2.05, 4.69) is 32.4 Å². The number of hydrogen-bond donors (Lipinski definition) is 3. The second kappa shape index (κ2) is 8.93. The minimum absolute atomic E-state index is 0.139. The lowest BCUT2D eigenvalue weighted by atomic mass is 10.1. The van der Waals surface area contributed by atoms with Gasteiger partial charge in [-0.2, -0.15) is 5.10 Å². The summed E-state index contributed by atoms with van der Waals surface area (Å²) in [6, 6.07) is 7.13. The average molecular weight is 429 g/mol. The molecule has 150 valence electrons. The van der Waals surface area contributed by atoms with Crippen LogP contribution < -0.4 is 10.6 Å². The molecule has 3 rings (SSSR count). The lowest BCUT2D eigenvalue weighted by Gasteiger charge is -2.05. The van der Waals surface area contributed by atoms with Crippen molar-refractivity contribution in [3.05, 3.63) is 52.9 Å². The third kappa shape index (κ3) is 5.04. The molecule has 0 unspecified atom stereocenters. The molecule has 0 atom stereocenters. The molecule has 3 N–H and O–H groups in total. The van der Waals surface area contributed by atoms with Gasteiger partial charge in [0.1, 0.15) is 0 Å². The number of thiazole rings is 1. The highest BCUT2D eigenvalue weighted by molar-refractivity contribution is 7.71. The van der Waals surface area contributed by atoms with Crippen molar-refractivity contribution in [3.8, 4) is 10.7 Å². The maximum absolute atomic E-state index is 12.4. The van der Waals surface area contributed by atoms with E-state index in [-0.39, 0.29) is 18.2 Å². The van der Waals surface area contributed by atoms with E-state index in [1.807, 2.05) is 11.5 Å². The Labute approximate surface area is 176 Å². The second-order valence-electron chi connectivity index (χ2n) is 6.29. The minimum Gasteiger partial charge on any atom is -0.326 e. The van der Waals surface area contributed by atoms with E-state index in [1.165, 1.54) is 18.3 Å². The summed E-state index contributed by atoms with van der Waals surface area (Å²) in [6.07, 6.45) is 1.94. The maximum Gasteiger partial charge on any atom is 0.230 e. The summed E-state index contributed by atoms with van der Waals surface area (Å²) < 4.78 is 2.33. The molecule has 1 aromatic carbocycles. The molecule has 10 heteroatoms. The molecule has 0 spiro atoms. The Hall–Kier alpha value is -3.11. The molecule has 0 saturated carbocycles. The zero-order valence-corrected chi connectivity index (χ0v) is 17.6. The number of aryl methyl sites for hydroxylation is 1. The molecule has 29 heavy (non-hydrogen) atoms. The quantitative estimate of drug-likeness (QED) is 0.393. The molecule has 8 nitrogen and oxygen atoms in total. The zero-order chi connectivity index (χ0) is 21.0. The maximum atomic E-state index is 12.4. The van der Waals surface area contributed by atoms with E-state index in [0.717, 1.165) is 16.1 Å². The van der Waals surface area contributed by atoms with Gasteiger partial charge in [0.05, 0.1) is 17.0 Å². The van der Waals surface area contributed by atoms with Gasteiger partial charge in [-0.1, -0.05) is 29.5 Å². The summed E-state index contributed by atoms with van der Waals surface area (Å²) in [4.78, 5) is 28.7. The number of anilines is 2. The van der Waals surface area contributed by atoms with E-state index >= 15 is 0 Å². The minimum atomic E-state index is -0.178. The van der Waals surface area contributed by atoms with E-state index in [1.54, 1.807) is 30.3 Å². The number of H-pyrrole nitrogens is 1. The van der Waals surface area contributed by atoms with Crippen LogP contribution in [0.5, 0.6) is 0 Å². The fourth-order valence-electron chi connectivity index (χ4n) is 2.70. The molecule has 0 aliphatic heterocycles. The summed E-state index contributed by atoms with van der Waals surface area (Å²) in [5, 5.41) is 13.1. The van der Waals surface area contributed by atoms with Crippen LogP contribution in [0.3, 0.4) is 0 Å². The number of aromatic amines is 1. The summed E-state index contributed by atoms with van der Waals surface area (Å²) in [5.41, 5.74) is 2.27. The molecule has 2 aromatic heterocycles. The van der Waals surface area contributed by atoms with Gasteiger partial charge in [0.15, 0.2) is 15.7 Å². The molecule has 2 amide bonds. The Morgan fingerprint density at radius 1 is 1.31 bits per heavy atom. The van der Waals surface area contributed by atoms with Gasteiger partial charge in [-0.25, -0.2) is 4.98 Å². The van der Waals surface area contributed by atoms with Crippen LogP contribution in [-0.4, -0.2) is 31.6 Å². The van der Waals surface area contributed by atoms with Gasteiger partial charge < -0.3 is 10.6 Å². The van der Waals surface area contributed by atoms with Crippen LogP contribution in [0, 0.1) is 11.7 Å². The van der Waals surface area contributed by atoms with Crippen LogP contribution in [-0.2, 0) is 22.6 Å². The Kier molecular flexibility index (Phi) is 6.35. The molecule has 0 radical (unpaired) electrons. The van der Waals surface area contributed by atoms with E-state index in [4.69, 9.17) is 12.2 Å². The molecule has 0 fully saturated rings. The first-order chi connectivity index (χ1) is 13.9. The molecular weight excluding hydrogens is 408 g/mol. The van der Waals surface area contributed by atoms with Crippen molar-refractivity contribution < 1.29 is 9.59 Å². The topological polar surface area (TPSA) is 105 Å². The summed E-state index contributed by atoms with van der Waals surface area (Å²) in [7, 11) is 0. The number of amides is 2. The summed E-state index contributed by atoms with van der Waals surface area (Å²) in [5.74, 6) is 0.349. The number of carbonyl (C=O) groups is 2. The highest BCUT2D eigenvalue weighted by Crippen LogP contribution is 2.31. The number of aromatic nitrogens is 4. The number of allylic oxidation sites excluding steroid dienone is 1. The van der Waals surface area contributed by atoms with Gasteiger partial charge >= 0.3 is 0 Å². The predicted molar refractivity (Wildman–Crippen MR) is 117 cm³/mol. The number of rotatable bonds is 7. The monoisotopic (exact) mass is 428 g/mol. The molecule has 0 aliphatic carbocycles. The number of hydrogen-bond acceptors (Lipinski definition) is 6. The van der Waals surface area contributed by atoms with Crippen molar-refractivity contribution >= 4 is 46.2 Å². The Bertz CT molecular complexity index is 1110. The van der Waals surface area contributed by atoms with Crippen LogP contribution in [0.2, 0.25) is 0 Å². The molecule has 0 saturated heterocycles. The smallest absolute Gasteiger partial charge is 0.230 e. The summed E-state index contributed by atoms with van der Waals surface area (Å²) in [6.45, 7) is 7.57. The van der Waals surface area contributed by atoms with Gasteiger partial charge in [-0.05, 0) is 36.8 Å². The second-order valence-corrected chi connectivity index (χ2v) is 7.67. The first-order valence-corrected chi connectivity index (χ1v) is 10.00. The van der Waals surface area contributed by atoms with Gasteiger partial charge in [-0.15, -0.1) is 6.58 Å². The molecule has 0 aliphatic rings. The van der Waals surface area contributed by atoms with Crippen molar-refractivity contribution in [3.63, 3.8) is 0 Å². The molecule has 3 aromatic rings. The highest BCUT2D eigenvalue weighted by atomic mass is 32.1. The number of carbonyl (C=O) groups excluding carboxylic acids is 2. The molecular formula is C19H20N6O2S2. The average Bonchev–Trinajstić information content (AvgIpc) is 3.19. The van der Waals surface area contributed by atoms with Crippen molar-refractivity contribution in [2.24, 2.45) is 0 Å². The first-order valence-electron chi connectivity index (χ1n) is 8.77. The third-order valence-corrected chi connectivity index (χ3v) is 5.34. The van der Waals surface area contributed by atoms with Crippen molar-refractivity contribution in [2.75, 3.05) is 10.6 Å². The van der Waals surface area contributed by atoms with Crippen LogP contribution >= 0.6 is 23.6 Å². The Morgan fingerprint density at radius 2 is 2.03 bits per heavy atom. The SMILES string of the molecule is C=CCn1c(-c2sc(NC(=O)Cc3ccc(NC(C)=O)cc3)nc2C)n[nH]c1=S. The van der Waals surface area contributed by atoms with Gasteiger partial charge in [0.2, 0.25) is 11.8 Å². The van der Waals surface area contributed by atoms with Crippen LogP contribution in [0.1, 0.15) is 18.2 Å². The van der Waals surface area contributed by atoms with Crippen LogP contribution in [0.15, 0.2) is 36.9 Å². The van der Waals surface area contributed by atoms with E-state index in [0.29, 0.717) is 28.0 Å². The van der Waals surface area contributed by atoms with Crippen molar-refractivity contribution in [1.82, 2.24) is 19.7 Å². The first kappa shape index (κ1) is 20.6. The van der Waals surface area contributed by atoms with E-state index in [9.17, 15) is 9.59 Å². The molecule has 0 bridgehead atoms.